The third-order valence-corrected chi connectivity index (χ3v) is 4.34. The molecule has 0 amide bonds. The Bertz CT molecular complexity index is 622. The Morgan fingerprint density at radius 1 is 0.870 bits per heavy atom. The number of hydrogen-bond donors (Lipinski definition) is 2. The molecule has 1 fully saturated rings. The van der Waals surface area contributed by atoms with Crippen LogP contribution in [0.1, 0.15) is 11.7 Å². The molecule has 4 nitrogen and oxygen atoms in total. The first-order valence-corrected chi connectivity index (χ1v) is 7.91. The number of aliphatic hydroxyl groups excluding tert-OH is 1. The molecule has 1 saturated heterocycles. The van der Waals surface area contributed by atoms with Crippen LogP contribution < -0.4 is 15.5 Å². The zero-order valence-corrected chi connectivity index (χ0v) is 13.0. The molecule has 122 valence electrons. The van der Waals surface area contributed by atoms with E-state index in [-0.39, 0.29) is 12.4 Å². The molecule has 5 heteroatoms. The molecule has 0 spiro atoms. The monoisotopic (exact) mass is 315 g/mol. The fraction of sp³-hybridized carbons (Fsp3) is 0.333. The molecule has 1 aliphatic rings. The Kier molecular flexibility index (Phi) is 4.79. The van der Waals surface area contributed by atoms with E-state index < -0.39 is 6.10 Å². The first-order valence-electron chi connectivity index (χ1n) is 7.91. The molecule has 0 aromatic heterocycles. The van der Waals surface area contributed by atoms with Gasteiger partial charge in [0, 0.05) is 44.1 Å². The van der Waals surface area contributed by atoms with Crippen LogP contribution in [0.4, 0.5) is 15.8 Å². The molecule has 2 aromatic rings. The summed E-state index contributed by atoms with van der Waals surface area (Å²) in [6, 6.07) is 14.6. The SMILES string of the molecule is NCC(O)c1ccc(N2CCN(c3ccc(F)cc3)CC2)cc1. The molecule has 1 atom stereocenters. The van der Waals surface area contributed by atoms with Gasteiger partial charge in [-0.25, -0.2) is 4.39 Å². The van der Waals surface area contributed by atoms with Gasteiger partial charge in [0.05, 0.1) is 6.10 Å². The minimum Gasteiger partial charge on any atom is -0.387 e. The Morgan fingerprint density at radius 3 is 1.74 bits per heavy atom. The van der Waals surface area contributed by atoms with Crippen LogP contribution in [-0.4, -0.2) is 37.8 Å². The Morgan fingerprint density at radius 2 is 1.30 bits per heavy atom. The van der Waals surface area contributed by atoms with Crippen molar-refractivity contribution < 1.29 is 9.50 Å². The van der Waals surface area contributed by atoms with Crippen molar-refractivity contribution in [3.8, 4) is 0 Å². The maximum absolute atomic E-state index is 13.0. The van der Waals surface area contributed by atoms with E-state index in [0.717, 1.165) is 43.1 Å². The van der Waals surface area contributed by atoms with E-state index in [2.05, 4.69) is 9.80 Å². The van der Waals surface area contributed by atoms with E-state index in [4.69, 9.17) is 5.73 Å². The highest BCUT2D eigenvalue weighted by Gasteiger charge is 2.17. The molecule has 1 aliphatic heterocycles. The number of benzene rings is 2. The van der Waals surface area contributed by atoms with Gasteiger partial charge in [0.25, 0.3) is 0 Å². The van der Waals surface area contributed by atoms with E-state index in [9.17, 15) is 9.50 Å². The highest BCUT2D eigenvalue weighted by atomic mass is 19.1. The Hall–Kier alpha value is -2.11. The molecule has 0 aliphatic carbocycles. The van der Waals surface area contributed by atoms with Gasteiger partial charge in [-0.2, -0.15) is 0 Å². The molecule has 1 unspecified atom stereocenters. The molecule has 3 N–H and O–H groups in total. The van der Waals surface area contributed by atoms with Gasteiger partial charge in [-0.15, -0.1) is 0 Å². The first kappa shape index (κ1) is 15.8. The van der Waals surface area contributed by atoms with Crippen molar-refractivity contribution in [3.05, 3.63) is 59.9 Å². The summed E-state index contributed by atoms with van der Waals surface area (Å²) >= 11 is 0. The number of halogens is 1. The third kappa shape index (κ3) is 3.63. The first-order chi connectivity index (χ1) is 11.2. The zero-order valence-electron chi connectivity index (χ0n) is 13.0. The molecule has 0 saturated carbocycles. The number of nitrogens with zero attached hydrogens (tertiary/aromatic N) is 2. The summed E-state index contributed by atoms with van der Waals surface area (Å²) in [6.45, 7) is 3.86. The number of piperazine rings is 1. The maximum Gasteiger partial charge on any atom is 0.123 e. The van der Waals surface area contributed by atoms with Crippen LogP contribution in [-0.2, 0) is 0 Å². The van der Waals surface area contributed by atoms with Crippen molar-refractivity contribution in [1.82, 2.24) is 0 Å². The summed E-state index contributed by atoms with van der Waals surface area (Å²) in [5.41, 5.74) is 8.54. The lowest BCUT2D eigenvalue weighted by Gasteiger charge is -2.37. The molecule has 23 heavy (non-hydrogen) atoms. The smallest absolute Gasteiger partial charge is 0.123 e. The number of anilines is 2. The summed E-state index contributed by atoms with van der Waals surface area (Å²) < 4.78 is 13.0. The van der Waals surface area contributed by atoms with Crippen molar-refractivity contribution >= 4 is 11.4 Å². The Balaban J connectivity index is 1.61. The van der Waals surface area contributed by atoms with Crippen molar-refractivity contribution in [2.24, 2.45) is 5.73 Å². The second-order valence-electron chi connectivity index (χ2n) is 5.79. The summed E-state index contributed by atoms with van der Waals surface area (Å²) in [5, 5.41) is 9.74. The van der Waals surface area contributed by atoms with Crippen LogP contribution in [0.15, 0.2) is 48.5 Å². The maximum atomic E-state index is 13.0. The standard InChI is InChI=1S/C18H22FN3O/c19-15-3-7-17(8-4-15)22-11-9-21(10-12-22)16-5-1-14(2-6-16)18(23)13-20/h1-8,18,23H,9-13,20H2. The van der Waals surface area contributed by atoms with Crippen LogP contribution in [0, 0.1) is 5.82 Å². The largest absolute Gasteiger partial charge is 0.387 e. The highest BCUT2D eigenvalue weighted by Crippen LogP contribution is 2.22. The molecular formula is C18H22FN3O. The van der Waals surface area contributed by atoms with Crippen LogP contribution in [0.2, 0.25) is 0 Å². The number of rotatable bonds is 4. The van der Waals surface area contributed by atoms with Gasteiger partial charge in [-0.05, 0) is 42.0 Å². The van der Waals surface area contributed by atoms with E-state index in [0.29, 0.717) is 0 Å². The van der Waals surface area contributed by atoms with Crippen LogP contribution in [0.3, 0.4) is 0 Å². The van der Waals surface area contributed by atoms with Gasteiger partial charge >= 0.3 is 0 Å². The lowest BCUT2D eigenvalue weighted by atomic mass is 10.1. The average molecular weight is 315 g/mol. The summed E-state index contributed by atoms with van der Waals surface area (Å²) in [4.78, 5) is 4.58. The zero-order chi connectivity index (χ0) is 16.2. The minimum atomic E-state index is -0.598. The molecule has 1 heterocycles. The number of nitrogens with two attached hydrogens (primary N) is 1. The van der Waals surface area contributed by atoms with Gasteiger partial charge in [0.15, 0.2) is 0 Å². The van der Waals surface area contributed by atoms with Crippen LogP contribution in [0.5, 0.6) is 0 Å². The van der Waals surface area contributed by atoms with Gasteiger partial charge in [0.1, 0.15) is 5.82 Å². The highest BCUT2D eigenvalue weighted by molar-refractivity contribution is 5.52. The Labute approximate surface area is 135 Å². The van der Waals surface area contributed by atoms with Gasteiger partial charge in [-0.1, -0.05) is 12.1 Å². The van der Waals surface area contributed by atoms with Gasteiger partial charge in [-0.3, -0.25) is 0 Å². The lowest BCUT2D eigenvalue weighted by molar-refractivity contribution is 0.187. The molecular weight excluding hydrogens is 293 g/mol. The predicted molar refractivity (Wildman–Crippen MR) is 91.3 cm³/mol. The van der Waals surface area contributed by atoms with Crippen molar-refractivity contribution in [1.29, 1.82) is 0 Å². The molecule has 2 aromatic carbocycles. The normalized spacial score (nSPS) is 16.5. The van der Waals surface area contributed by atoms with Crippen LogP contribution >= 0.6 is 0 Å². The third-order valence-electron chi connectivity index (χ3n) is 4.34. The van der Waals surface area contributed by atoms with Gasteiger partial charge in [0.2, 0.25) is 0 Å². The quantitative estimate of drug-likeness (QED) is 0.908. The van der Waals surface area contributed by atoms with Crippen LogP contribution in [0.25, 0.3) is 0 Å². The van der Waals surface area contributed by atoms with Crippen molar-refractivity contribution in [2.75, 3.05) is 42.5 Å². The minimum absolute atomic E-state index is 0.202. The van der Waals surface area contributed by atoms with E-state index in [1.807, 2.05) is 36.4 Å². The van der Waals surface area contributed by atoms with E-state index in [1.165, 1.54) is 12.1 Å². The number of aliphatic hydroxyl groups is 1. The van der Waals surface area contributed by atoms with E-state index in [1.54, 1.807) is 0 Å². The predicted octanol–water partition coefficient (Wildman–Crippen LogP) is 2.14. The summed E-state index contributed by atoms with van der Waals surface area (Å²) in [5.74, 6) is -0.202. The second kappa shape index (κ2) is 6.98. The topological polar surface area (TPSA) is 52.7 Å². The summed E-state index contributed by atoms with van der Waals surface area (Å²) in [7, 11) is 0. The number of hydrogen-bond acceptors (Lipinski definition) is 4. The van der Waals surface area contributed by atoms with Crippen molar-refractivity contribution in [3.63, 3.8) is 0 Å². The van der Waals surface area contributed by atoms with E-state index >= 15 is 0 Å². The second-order valence-corrected chi connectivity index (χ2v) is 5.79. The van der Waals surface area contributed by atoms with Crippen molar-refractivity contribution in [2.45, 2.75) is 6.10 Å². The average Bonchev–Trinajstić information content (AvgIpc) is 2.62. The summed E-state index contributed by atoms with van der Waals surface area (Å²) in [6.07, 6.45) is -0.598. The molecule has 0 radical (unpaired) electrons. The lowest BCUT2D eigenvalue weighted by Crippen LogP contribution is -2.46. The fourth-order valence-electron chi connectivity index (χ4n) is 2.92. The fourth-order valence-corrected chi connectivity index (χ4v) is 2.92. The molecule has 3 rings (SSSR count). The molecule has 0 bridgehead atoms. The van der Waals surface area contributed by atoms with Gasteiger partial charge < -0.3 is 20.6 Å².